The molecule has 1 atom stereocenters. The Hall–Kier alpha value is -1.74. The zero-order chi connectivity index (χ0) is 18.1. The highest BCUT2D eigenvalue weighted by atomic mass is 32.2. The molecular formula is C15H17F3N2O3S. The Morgan fingerprint density at radius 2 is 1.96 bits per heavy atom. The summed E-state index contributed by atoms with van der Waals surface area (Å²) in [4.78, 5) is 12.7. The molecule has 0 saturated carbocycles. The average molecular weight is 362 g/mol. The highest BCUT2D eigenvalue weighted by Gasteiger charge is 2.40. The minimum atomic E-state index is -4.83. The number of nitrogens with one attached hydrogen (secondary N) is 1. The lowest BCUT2D eigenvalue weighted by Crippen LogP contribution is -2.27. The van der Waals surface area contributed by atoms with Crippen LogP contribution in [0, 0.1) is 10.1 Å². The summed E-state index contributed by atoms with van der Waals surface area (Å²) in [7, 11) is 0. The van der Waals surface area contributed by atoms with E-state index in [-0.39, 0.29) is 10.9 Å². The topological polar surface area (TPSA) is 79.2 Å². The molecule has 0 aliphatic carbocycles. The number of fused-ring (bicyclic) bond motifs is 1. The molecule has 2 aromatic rings. The maximum absolute atomic E-state index is 13.0. The van der Waals surface area contributed by atoms with Gasteiger partial charge in [0.1, 0.15) is 11.2 Å². The van der Waals surface area contributed by atoms with Crippen molar-refractivity contribution in [3.63, 3.8) is 0 Å². The van der Waals surface area contributed by atoms with Crippen LogP contribution in [0.15, 0.2) is 18.3 Å². The lowest BCUT2D eigenvalue weighted by molar-refractivity contribution is -0.387. The lowest BCUT2D eigenvalue weighted by atomic mass is 9.92. The number of aromatic nitrogens is 1. The van der Waals surface area contributed by atoms with E-state index in [9.17, 15) is 28.4 Å². The number of halogens is 3. The van der Waals surface area contributed by atoms with Crippen LogP contribution in [0.25, 0.3) is 10.9 Å². The summed E-state index contributed by atoms with van der Waals surface area (Å²) in [6.07, 6.45) is -3.07. The van der Waals surface area contributed by atoms with E-state index in [0.29, 0.717) is 17.7 Å². The van der Waals surface area contributed by atoms with Crippen LogP contribution in [0.1, 0.15) is 31.4 Å². The molecule has 0 saturated heterocycles. The van der Waals surface area contributed by atoms with Gasteiger partial charge in [-0.25, -0.2) is 0 Å². The van der Waals surface area contributed by atoms with Crippen molar-refractivity contribution in [2.24, 2.45) is 0 Å². The zero-order valence-corrected chi connectivity index (χ0v) is 13.9. The fourth-order valence-electron chi connectivity index (χ4n) is 2.56. The van der Waals surface area contributed by atoms with Gasteiger partial charge >= 0.3 is 6.18 Å². The molecule has 0 spiro atoms. The maximum atomic E-state index is 13.0. The van der Waals surface area contributed by atoms with Crippen LogP contribution in [0.3, 0.4) is 0 Å². The van der Waals surface area contributed by atoms with Gasteiger partial charge in [0.15, 0.2) is 0 Å². The number of aliphatic hydroxyl groups is 1. The minimum Gasteiger partial charge on any atom is -0.384 e. The molecule has 9 heteroatoms. The number of hydrogen-bond acceptors (Lipinski definition) is 4. The first-order valence-electron chi connectivity index (χ1n) is 7.31. The number of nitro groups is 1. The van der Waals surface area contributed by atoms with Crippen LogP contribution < -0.4 is 0 Å². The molecule has 0 bridgehead atoms. The van der Waals surface area contributed by atoms with Crippen LogP contribution in [-0.4, -0.2) is 26.5 Å². The molecule has 5 nitrogen and oxygen atoms in total. The normalized spacial score (nSPS) is 14.8. The van der Waals surface area contributed by atoms with Gasteiger partial charge in [0, 0.05) is 34.5 Å². The third-order valence-corrected chi connectivity index (χ3v) is 5.02. The zero-order valence-electron chi connectivity index (χ0n) is 13.1. The Morgan fingerprint density at radius 3 is 2.46 bits per heavy atom. The first-order chi connectivity index (χ1) is 11.1. The number of benzene rings is 1. The Balaban J connectivity index is 2.68. The number of thioether (sulfide) groups is 1. The molecule has 24 heavy (non-hydrogen) atoms. The van der Waals surface area contributed by atoms with Gasteiger partial charge in [0.25, 0.3) is 5.69 Å². The van der Waals surface area contributed by atoms with Crippen molar-refractivity contribution >= 4 is 28.4 Å². The minimum absolute atomic E-state index is 0.108. The fourth-order valence-corrected chi connectivity index (χ4v) is 3.46. The van der Waals surface area contributed by atoms with E-state index in [4.69, 9.17) is 0 Å². The van der Waals surface area contributed by atoms with Crippen molar-refractivity contribution in [1.29, 1.82) is 0 Å². The first-order valence-corrected chi connectivity index (χ1v) is 8.46. The summed E-state index contributed by atoms with van der Waals surface area (Å²) in [5.74, 6) is 1.12. The third-order valence-electron chi connectivity index (χ3n) is 3.93. The van der Waals surface area contributed by atoms with E-state index in [1.54, 1.807) is 6.92 Å². The second kappa shape index (κ2) is 6.64. The van der Waals surface area contributed by atoms with Crippen molar-refractivity contribution in [2.45, 2.75) is 32.0 Å². The highest BCUT2D eigenvalue weighted by Crippen LogP contribution is 2.41. The number of hydrogen-bond donors (Lipinski definition) is 2. The second-order valence-corrected chi connectivity index (χ2v) is 6.67. The molecule has 1 heterocycles. The summed E-state index contributed by atoms with van der Waals surface area (Å²) < 4.78 is 39.1. The highest BCUT2D eigenvalue weighted by molar-refractivity contribution is 7.99. The standard InChI is InChI=1S/C15H17F3N2O3S/c1-3-14(21,8-24-4-2)11-7-19-12-6-10(15(16,17)18)13(20(22)23)5-9(11)12/h5-7,19,21H,3-4,8H2,1-2H3. The number of H-pyrrole nitrogens is 1. The summed E-state index contributed by atoms with van der Waals surface area (Å²) >= 11 is 1.49. The smallest absolute Gasteiger partial charge is 0.384 e. The van der Waals surface area contributed by atoms with Gasteiger partial charge in [-0.15, -0.1) is 0 Å². The number of nitrogens with zero attached hydrogens (tertiary/aromatic N) is 1. The molecule has 0 aliphatic rings. The summed E-state index contributed by atoms with van der Waals surface area (Å²) in [5.41, 5.74) is -3.12. The van der Waals surface area contributed by atoms with Crippen molar-refractivity contribution in [3.05, 3.63) is 39.6 Å². The van der Waals surface area contributed by atoms with Crippen LogP contribution in [0.5, 0.6) is 0 Å². The lowest BCUT2D eigenvalue weighted by Gasteiger charge is -2.26. The van der Waals surface area contributed by atoms with Crippen molar-refractivity contribution in [1.82, 2.24) is 4.98 Å². The van der Waals surface area contributed by atoms with Crippen LogP contribution in [-0.2, 0) is 11.8 Å². The molecule has 2 rings (SSSR count). The van der Waals surface area contributed by atoms with Gasteiger partial charge in [0.05, 0.1) is 4.92 Å². The van der Waals surface area contributed by atoms with Gasteiger partial charge in [-0.3, -0.25) is 10.1 Å². The predicted molar refractivity (Wildman–Crippen MR) is 87.1 cm³/mol. The van der Waals surface area contributed by atoms with Gasteiger partial charge < -0.3 is 10.1 Å². The van der Waals surface area contributed by atoms with Gasteiger partial charge in [-0.1, -0.05) is 13.8 Å². The van der Waals surface area contributed by atoms with Crippen molar-refractivity contribution < 1.29 is 23.2 Å². The Labute approximate surface area is 140 Å². The molecular weight excluding hydrogens is 345 g/mol. The molecule has 1 aromatic carbocycles. The molecule has 1 aromatic heterocycles. The molecule has 132 valence electrons. The van der Waals surface area contributed by atoms with Crippen LogP contribution in [0.4, 0.5) is 18.9 Å². The van der Waals surface area contributed by atoms with Gasteiger partial charge in [-0.05, 0) is 18.2 Å². The Morgan fingerprint density at radius 1 is 1.29 bits per heavy atom. The molecule has 0 fully saturated rings. The summed E-state index contributed by atoms with van der Waals surface area (Å²) in [5, 5.41) is 22.1. The molecule has 2 N–H and O–H groups in total. The third kappa shape index (κ3) is 3.36. The van der Waals surface area contributed by atoms with Crippen molar-refractivity contribution in [2.75, 3.05) is 11.5 Å². The van der Waals surface area contributed by atoms with E-state index < -0.39 is 28.0 Å². The second-order valence-electron chi connectivity index (χ2n) is 5.39. The number of rotatable bonds is 6. The monoisotopic (exact) mass is 362 g/mol. The van der Waals surface area contributed by atoms with Crippen LogP contribution in [0.2, 0.25) is 0 Å². The molecule has 0 radical (unpaired) electrons. The Kier molecular flexibility index (Phi) is 5.14. The van der Waals surface area contributed by atoms with E-state index in [1.807, 2.05) is 6.92 Å². The maximum Gasteiger partial charge on any atom is 0.423 e. The number of nitro benzene ring substituents is 1. The fraction of sp³-hybridized carbons (Fsp3) is 0.467. The van der Waals surface area contributed by atoms with Crippen LogP contribution >= 0.6 is 11.8 Å². The molecule has 0 amide bonds. The Bertz CT molecular complexity index is 760. The van der Waals surface area contributed by atoms with Crippen molar-refractivity contribution in [3.8, 4) is 0 Å². The average Bonchev–Trinajstić information content (AvgIpc) is 2.94. The first kappa shape index (κ1) is 18.6. The van der Waals surface area contributed by atoms with Gasteiger partial charge in [0.2, 0.25) is 0 Å². The number of alkyl halides is 3. The SMILES string of the molecule is CCSCC(O)(CC)c1c[nH]c2cc(C(F)(F)F)c([N+](=O)[O-])cc12. The van der Waals surface area contributed by atoms with E-state index >= 15 is 0 Å². The largest absolute Gasteiger partial charge is 0.423 e. The predicted octanol–water partition coefficient (Wildman–Crippen LogP) is 4.45. The summed E-state index contributed by atoms with van der Waals surface area (Å²) in [6, 6.07) is 1.61. The number of aromatic amines is 1. The van der Waals surface area contributed by atoms with E-state index in [1.165, 1.54) is 18.0 Å². The summed E-state index contributed by atoms with van der Waals surface area (Å²) in [6.45, 7) is 3.68. The van der Waals surface area contributed by atoms with Gasteiger partial charge in [-0.2, -0.15) is 24.9 Å². The van der Waals surface area contributed by atoms with E-state index in [0.717, 1.165) is 17.9 Å². The molecule has 1 unspecified atom stereocenters. The van der Waals surface area contributed by atoms with E-state index in [2.05, 4.69) is 4.98 Å². The quantitative estimate of drug-likeness (QED) is 0.588. The molecule has 0 aliphatic heterocycles.